The Hall–Kier alpha value is -1.07. The summed E-state index contributed by atoms with van der Waals surface area (Å²) in [6, 6.07) is 7.45. The molecule has 19 heavy (non-hydrogen) atoms. The zero-order valence-electron chi connectivity index (χ0n) is 11.8. The number of benzene rings is 1. The van der Waals surface area contributed by atoms with Gasteiger partial charge in [0.2, 0.25) is 0 Å². The van der Waals surface area contributed by atoms with Gasteiger partial charge in [0.05, 0.1) is 12.4 Å². The summed E-state index contributed by atoms with van der Waals surface area (Å²) in [5.74, 6) is 0.927. The number of sulfone groups is 1. The molecule has 0 saturated carbocycles. The monoisotopic (exact) mass is 285 g/mol. The van der Waals surface area contributed by atoms with Crippen LogP contribution in [0.5, 0.6) is 5.75 Å². The van der Waals surface area contributed by atoms with Crippen molar-refractivity contribution in [2.45, 2.75) is 26.3 Å². The molecule has 0 spiro atoms. The van der Waals surface area contributed by atoms with Crippen LogP contribution in [0.25, 0.3) is 0 Å². The fourth-order valence-corrected chi connectivity index (χ4v) is 2.75. The van der Waals surface area contributed by atoms with E-state index in [1.165, 1.54) is 6.26 Å². The zero-order chi connectivity index (χ0) is 14.3. The molecule has 0 heterocycles. The highest BCUT2D eigenvalue weighted by atomic mass is 32.2. The van der Waals surface area contributed by atoms with Crippen molar-refractivity contribution >= 4 is 9.84 Å². The number of nitrogens with one attached hydrogen (secondary N) is 1. The lowest BCUT2D eigenvalue weighted by Crippen LogP contribution is -2.27. The van der Waals surface area contributed by atoms with Gasteiger partial charge in [-0.15, -0.1) is 0 Å². The van der Waals surface area contributed by atoms with Crippen LogP contribution in [-0.2, 0) is 9.84 Å². The van der Waals surface area contributed by atoms with Crippen molar-refractivity contribution < 1.29 is 13.2 Å². The van der Waals surface area contributed by atoms with E-state index in [-0.39, 0.29) is 11.8 Å². The van der Waals surface area contributed by atoms with Crippen molar-refractivity contribution in [3.63, 3.8) is 0 Å². The minimum atomic E-state index is -3.01. The van der Waals surface area contributed by atoms with E-state index in [2.05, 4.69) is 12.2 Å². The Morgan fingerprint density at radius 1 is 1.21 bits per heavy atom. The smallest absolute Gasteiger partial charge is 0.149 e. The summed E-state index contributed by atoms with van der Waals surface area (Å²) >= 11 is 0. The quantitative estimate of drug-likeness (QED) is 0.795. The molecule has 1 aromatic carbocycles. The van der Waals surface area contributed by atoms with Gasteiger partial charge in [-0.2, -0.15) is 0 Å². The van der Waals surface area contributed by atoms with Crippen molar-refractivity contribution in [3.05, 3.63) is 29.8 Å². The van der Waals surface area contributed by atoms with Crippen LogP contribution in [0.3, 0.4) is 0 Å². The molecule has 5 heteroatoms. The number of hydrogen-bond acceptors (Lipinski definition) is 4. The molecule has 1 atom stereocenters. The fourth-order valence-electron chi connectivity index (χ4n) is 1.84. The normalized spacial score (nSPS) is 13.2. The Morgan fingerprint density at radius 3 is 2.32 bits per heavy atom. The lowest BCUT2D eigenvalue weighted by Gasteiger charge is -2.17. The lowest BCUT2D eigenvalue weighted by atomic mass is 10.1. The van der Waals surface area contributed by atoms with Crippen LogP contribution < -0.4 is 10.1 Å². The van der Waals surface area contributed by atoms with Crippen molar-refractivity contribution in [1.82, 2.24) is 5.32 Å². The molecule has 1 rings (SSSR count). The van der Waals surface area contributed by atoms with Gasteiger partial charge >= 0.3 is 0 Å². The van der Waals surface area contributed by atoms with Crippen LogP contribution >= 0.6 is 0 Å². The van der Waals surface area contributed by atoms with E-state index in [9.17, 15) is 8.42 Å². The SMILES string of the molecule is CCCOc1ccc(C(CS(C)(=O)=O)NCC)cc1. The molecular weight excluding hydrogens is 262 g/mol. The highest BCUT2D eigenvalue weighted by Crippen LogP contribution is 2.19. The summed E-state index contributed by atoms with van der Waals surface area (Å²) in [5, 5.41) is 3.20. The summed E-state index contributed by atoms with van der Waals surface area (Å²) in [4.78, 5) is 0. The molecule has 0 amide bonds. The first-order chi connectivity index (χ1) is 8.96. The van der Waals surface area contributed by atoms with E-state index in [0.717, 1.165) is 24.3 Å². The molecular formula is C14H23NO3S. The van der Waals surface area contributed by atoms with E-state index in [0.29, 0.717) is 6.61 Å². The first kappa shape index (κ1) is 16.0. The molecule has 1 N–H and O–H groups in total. The van der Waals surface area contributed by atoms with Gasteiger partial charge in [0.25, 0.3) is 0 Å². The fraction of sp³-hybridized carbons (Fsp3) is 0.571. The van der Waals surface area contributed by atoms with Crippen molar-refractivity contribution in [2.75, 3.05) is 25.2 Å². The van der Waals surface area contributed by atoms with Crippen LogP contribution in [0.4, 0.5) is 0 Å². The van der Waals surface area contributed by atoms with E-state index >= 15 is 0 Å². The maximum absolute atomic E-state index is 11.4. The highest BCUT2D eigenvalue weighted by molar-refractivity contribution is 7.90. The van der Waals surface area contributed by atoms with E-state index < -0.39 is 9.84 Å². The second-order valence-electron chi connectivity index (χ2n) is 4.62. The Kier molecular flexibility index (Phi) is 6.31. The van der Waals surface area contributed by atoms with Crippen LogP contribution in [0.1, 0.15) is 31.9 Å². The van der Waals surface area contributed by atoms with Gasteiger partial charge in [-0.1, -0.05) is 26.0 Å². The van der Waals surface area contributed by atoms with Crippen molar-refractivity contribution in [3.8, 4) is 5.75 Å². The van der Waals surface area contributed by atoms with Crippen molar-refractivity contribution in [1.29, 1.82) is 0 Å². The summed E-state index contributed by atoms with van der Waals surface area (Å²) in [6.07, 6.45) is 2.23. The third-order valence-corrected chi connectivity index (χ3v) is 3.61. The maximum Gasteiger partial charge on any atom is 0.149 e. The average molecular weight is 285 g/mol. The first-order valence-corrected chi connectivity index (χ1v) is 8.66. The molecule has 0 aliphatic carbocycles. The molecule has 108 valence electrons. The van der Waals surface area contributed by atoms with E-state index in [1.54, 1.807) is 0 Å². The maximum atomic E-state index is 11.4. The van der Waals surface area contributed by atoms with E-state index in [4.69, 9.17) is 4.74 Å². The molecule has 1 unspecified atom stereocenters. The molecule has 0 aliphatic heterocycles. The standard InChI is InChI=1S/C14H23NO3S/c1-4-10-18-13-8-6-12(7-9-13)14(15-5-2)11-19(3,16)17/h6-9,14-15H,4-5,10-11H2,1-3H3. The third kappa shape index (κ3) is 6.07. The largest absolute Gasteiger partial charge is 0.494 e. The van der Waals surface area contributed by atoms with Crippen molar-refractivity contribution in [2.24, 2.45) is 0 Å². The number of rotatable bonds is 8. The Balaban J connectivity index is 2.79. The highest BCUT2D eigenvalue weighted by Gasteiger charge is 2.16. The van der Waals surface area contributed by atoms with Gasteiger partial charge in [-0.25, -0.2) is 8.42 Å². The third-order valence-electron chi connectivity index (χ3n) is 2.68. The Morgan fingerprint density at radius 2 is 1.84 bits per heavy atom. The van der Waals surface area contributed by atoms with Crippen LogP contribution in [-0.4, -0.2) is 33.6 Å². The van der Waals surface area contributed by atoms with Crippen LogP contribution in [0, 0.1) is 0 Å². The molecule has 0 saturated heterocycles. The van der Waals surface area contributed by atoms with Gasteiger partial charge in [0, 0.05) is 12.3 Å². The summed E-state index contributed by atoms with van der Waals surface area (Å²) in [7, 11) is -3.01. The first-order valence-electron chi connectivity index (χ1n) is 6.60. The lowest BCUT2D eigenvalue weighted by molar-refractivity contribution is 0.317. The van der Waals surface area contributed by atoms with Gasteiger partial charge < -0.3 is 10.1 Å². The van der Waals surface area contributed by atoms with Crippen LogP contribution in [0.2, 0.25) is 0 Å². The molecule has 0 bridgehead atoms. The topological polar surface area (TPSA) is 55.4 Å². The molecule has 0 aromatic heterocycles. The predicted octanol–water partition coefficient (Wildman–Crippen LogP) is 2.17. The van der Waals surface area contributed by atoms with E-state index in [1.807, 2.05) is 31.2 Å². The number of ether oxygens (including phenoxy) is 1. The summed E-state index contributed by atoms with van der Waals surface area (Å²) < 4.78 is 28.4. The Bertz CT molecular complexity index is 468. The average Bonchev–Trinajstić information content (AvgIpc) is 2.35. The molecule has 0 radical (unpaired) electrons. The minimum absolute atomic E-state index is 0.107. The molecule has 4 nitrogen and oxygen atoms in total. The van der Waals surface area contributed by atoms with Gasteiger partial charge in [0.1, 0.15) is 15.6 Å². The number of hydrogen-bond donors (Lipinski definition) is 1. The second-order valence-corrected chi connectivity index (χ2v) is 6.81. The summed E-state index contributed by atoms with van der Waals surface area (Å²) in [6.45, 7) is 5.45. The molecule has 1 aromatic rings. The molecule has 0 aliphatic rings. The van der Waals surface area contributed by atoms with Crippen LogP contribution in [0.15, 0.2) is 24.3 Å². The second kappa shape index (κ2) is 7.50. The molecule has 0 fully saturated rings. The predicted molar refractivity (Wildman–Crippen MR) is 78.4 cm³/mol. The van der Waals surface area contributed by atoms with Gasteiger partial charge in [0.15, 0.2) is 0 Å². The zero-order valence-corrected chi connectivity index (χ0v) is 12.7. The van der Waals surface area contributed by atoms with Gasteiger partial charge in [-0.3, -0.25) is 0 Å². The minimum Gasteiger partial charge on any atom is -0.494 e. The Labute approximate surface area is 116 Å². The summed E-state index contributed by atoms with van der Waals surface area (Å²) in [5.41, 5.74) is 0.969. The van der Waals surface area contributed by atoms with Gasteiger partial charge in [-0.05, 0) is 30.7 Å².